The highest BCUT2D eigenvalue weighted by atomic mass is 127. The number of benzene rings is 4. The number of hydrogen-bond donors (Lipinski definition) is 0. The van der Waals surface area contributed by atoms with Gasteiger partial charge in [-0.05, 0) is 164 Å². The summed E-state index contributed by atoms with van der Waals surface area (Å²) < 4.78 is 68.4. The lowest BCUT2D eigenvalue weighted by atomic mass is 9.72. The first-order chi connectivity index (χ1) is 27.4. The Balaban J connectivity index is 1.69. The smallest absolute Gasteiger partial charge is 0.188 e. The van der Waals surface area contributed by atoms with Gasteiger partial charge >= 0.3 is 0 Å². The van der Waals surface area contributed by atoms with Gasteiger partial charge in [0.2, 0.25) is 0 Å². The van der Waals surface area contributed by atoms with E-state index in [1.165, 1.54) is 24.3 Å². The number of hydrogen-bond acceptors (Lipinski definition) is 6. The minimum atomic E-state index is -0.367. The summed E-state index contributed by atoms with van der Waals surface area (Å²) in [6.45, 7) is 26.7. The fraction of sp³-hybridized carbons (Fsp3) is 0.510. The normalized spacial score (nSPS) is 12.5. The molecule has 0 aliphatic heterocycles. The first-order valence-electron chi connectivity index (χ1n) is 20.2. The van der Waals surface area contributed by atoms with E-state index in [1.807, 2.05) is 13.8 Å². The van der Waals surface area contributed by atoms with Crippen LogP contribution >= 0.6 is 45.2 Å². The lowest BCUT2D eigenvalue weighted by Gasteiger charge is -2.34. The first kappa shape index (κ1) is 49.0. The molecule has 6 nitrogen and oxygen atoms in total. The Labute approximate surface area is 379 Å². The van der Waals surface area contributed by atoms with Gasteiger partial charge in [-0.25, -0.2) is 8.78 Å². The van der Waals surface area contributed by atoms with Crippen LogP contribution in [-0.4, -0.2) is 41.0 Å². The Hall–Kier alpha value is -2.68. The highest BCUT2D eigenvalue weighted by Gasteiger charge is 2.32. The third-order valence-electron chi connectivity index (χ3n) is 10.1. The lowest BCUT2D eigenvalue weighted by molar-refractivity contribution is 0.0507. The second-order valence-electron chi connectivity index (χ2n) is 19.3. The van der Waals surface area contributed by atoms with Crippen molar-refractivity contribution in [1.82, 2.24) is 0 Å². The molecule has 4 rings (SSSR count). The molecule has 0 atom stereocenters. The Morgan fingerprint density at radius 2 is 0.814 bits per heavy atom. The second kappa shape index (κ2) is 20.0. The molecule has 0 aliphatic rings. The molecule has 59 heavy (non-hydrogen) atoms. The van der Waals surface area contributed by atoms with Crippen LogP contribution in [-0.2, 0) is 20.3 Å². The van der Waals surface area contributed by atoms with E-state index in [0.717, 1.165) is 42.2 Å². The lowest BCUT2D eigenvalue weighted by Crippen LogP contribution is -2.25. The van der Waals surface area contributed by atoms with Gasteiger partial charge in [0.05, 0.1) is 20.4 Å². The van der Waals surface area contributed by atoms with E-state index in [2.05, 4.69) is 139 Å². The molecule has 0 unspecified atom stereocenters. The Morgan fingerprint density at radius 3 is 1.14 bits per heavy atom. The van der Waals surface area contributed by atoms with Gasteiger partial charge < -0.3 is 28.4 Å². The van der Waals surface area contributed by atoms with E-state index >= 15 is 8.78 Å². The van der Waals surface area contributed by atoms with E-state index in [1.54, 1.807) is 14.2 Å². The minimum absolute atomic E-state index is 0.0402. The molecule has 0 saturated heterocycles. The average Bonchev–Trinajstić information content (AvgIpc) is 3.09. The van der Waals surface area contributed by atoms with E-state index in [4.69, 9.17) is 28.4 Å². The van der Waals surface area contributed by atoms with Crippen LogP contribution in [0.4, 0.5) is 8.78 Å². The van der Waals surface area contributed by atoms with Gasteiger partial charge in [-0.1, -0.05) is 69.2 Å². The third kappa shape index (κ3) is 13.2. The van der Waals surface area contributed by atoms with Crippen molar-refractivity contribution in [1.29, 1.82) is 0 Å². The molecule has 0 amide bonds. The van der Waals surface area contributed by atoms with E-state index < -0.39 is 0 Å². The average molecular weight is 1040 g/mol. The number of rotatable bonds is 18. The maximum atomic E-state index is 15.3. The number of ether oxygens (including phenoxy) is 6. The summed E-state index contributed by atoms with van der Waals surface area (Å²) in [5.41, 5.74) is 6.07. The Kier molecular flexibility index (Phi) is 16.6. The monoisotopic (exact) mass is 1040 g/mol. The molecule has 0 aromatic heterocycles. The van der Waals surface area contributed by atoms with Gasteiger partial charge in [-0.3, -0.25) is 0 Å². The maximum Gasteiger partial charge on any atom is 0.188 e. The van der Waals surface area contributed by atoms with Crippen molar-refractivity contribution in [2.75, 3.05) is 41.0 Å². The summed E-state index contributed by atoms with van der Waals surface area (Å²) in [5, 5.41) is 0. The van der Waals surface area contributed by atoms with Gasteiger partial charge in [0.15, 0.2) is 13.6 Å². The van der Waals surface area contributed by atoms with Crippen LogP contribution in [0.25, 0.3) is 22.3 Å². The predicted molar refractivity (Wildman–Crippen MR) is 253 cm³/mol. The topological polar surface area (TPSA) is 55.4 Å². The molecule has 0 fully saturated rings. The highest BCUT2D eigenvalue weighted by Crippen LogP contribution is 2.48. The van der Waals surface area contributed by atoms with Crippen molar-refractivity contribution >= 4 is 45.2 Å². The van der Waals surface area contributed by atoms with Crippen LogP contribution in [0.15, 0.2) is 48.5 Å². The fourth-order valence-corrected chi connectivity index (χ4v) is 9.97. The van der Waals surface area contributed by atoms with Gasteiger partial charge in [0.1, 0.15) is 34.6 Å². The van der Waals surface area contributed by atoms with E-state index in [0.29, 0.717) is 51.7 Å². The second-order valence-corrected chi connectivity index (χ2v) is 21.6. The Bertz CT molecular complexity index is 1930. The van der Waals surface area contributed by atoms with Crippen molar-refractivity contribution in [2.24, 2.45) is 10.8 Å². The van der Waals surface area contributed by atoms with Crippen LogP contribution in [0.2, 0.25) is 0 Å². The van der Waals surface area contributed by atoms with Crippen LogP contribution in [0.5, 0.6) is 23.0 Å². The number of methoxy groups -OCH3 is 2. The molecule has 10 heteroatoms. The number of aryl methyl sites for hydroxylation is 2. The van der Waals surface area contributed by atoms with Gasteiger partial charge in [0.25, 0.3) is 0 Å². The van der Waals surface area contributed by atoms with E-state index in [-0.39, 0.29) is 60.1 Å². The molecule has 4 aromatic carbocycles. The highest BCUT2D eigenvalue weighted by molar-refractivity contribution is 14.1. The molecular weight excluding hydrogens is 976 g/mol. The summed E-state index contributed by atoms with van der Waals surface area (Å²) in [4.78, 5) is 0. The first-order valence-corrected chi connectivity index (χ1v) is 22.3. The molecule has 324 valence electrons. The van der Waals surface area contributed by atoms with Crippen molar-refractivity contribution in [2.45, 2.75) is 113 Å². The summed E-state index contributed by atoms with van der Waals surface area (Å²) in [6.07, 6.45) is 2.38. The van der Waals surface area contributed by atoms with Crippen LogP contribution in [0, 0.1) is 43.5 Å². The van der Waals surface area contributed by atoms with Gasteiger partial charge in [0, 0.05) is 42.9 Å². The minimum Gasteiger partial charge on any atom is -0.493 e. The zero-order valence-electron chi connectivity index (χ0n) is 37.5. The van der Waals surface area contributed by atoms with Crippen molar-refractivity contribution in [3.63, 3.8) is 0 Å². The molecule has 0 heterocycles. The molecule has 0 N–H and O–H groups in total. The molecule has 4 aromatic rings. The fourth-order valence-electron chi connectivity index (χ4n) is 8.40. The standard InChI is InChI=1S/C49H64F2I2O6/c1-30-18-34(50)24-38(36-20-32(48(9,10)26-46(3,4)5)22-40(52)44(36)58-28-54-13)42(30)56-16-15-17-57-43-31(2)19-35(51)25-39(43)37-21-33(49(11,12)27-47(6,7)8)23-41(53)45(37)59-29-55-14/h18-25H,15-17,26-29H2,1-14H3. The predicted octanol–water partition coefficient (Wildman–Crippen LogP) is 14.4. The Morgan fingerprint density at radius 1 is 0.475 bits per heavy atom. The summed E-state index contributed by atoms with van der Waals surface area (Å²) in [7, 11) is 3.15. The summed E-state index contributed by atoms with van der Waals surface area (Å²) >= 11 is 4.58. The molecule has 0 bridgehead atoms. The SMILES string of the molecule is COCOc1c(I)cc(C(C)(C)CC(C)(C)C)cc1-c1cc(F)cc(C)c1OCCCOc1c(C)cc(F)cc1-c1cc(C(C)(C)CC(C)(C)C)cc(I)c1OCOC. The largest absolute Gasteiger partial charge is 0.493 e. The quantitative estimate of drug-likeness (QED) is 0.0562. The van der Waals surface area contributed by atoms with Crippen molar-refractivity contribution in [3.8, 4) is 45.3 Å². The summed E-state index contributed by atoms with van der Waals surface area (Å²) in [6, 6.07) is 14.5. The zero-order valence-corrected chi connectivity index (χ0v) is 41.8. The number of halogens is 4. The van der Waals surface area contributed by atoms with Crippen LogP contribution in [0.3, 0.4) is 0 Å². The van der Waals surface area contributed by atoms with Crippen molar-refractivity contribution in [3.05, 3.63) is 89.6 Å². The maximum absolute atomic E-state index is 15.3. The van der Waals surface area contributed by atoms with Crippen LogP contribution in [0.1, 0.15) is 111 Å². The van der Waals surface area contributed by atoms with Gasteiger partial charge in [-0.15, -0.1) is 0 Å². The molecule has 0 saturated carbocycles. The molecular formula is C49H64F2I2O6. The molecule has 0 radical (unpaired) electrons. The molecule has 0 aliphatic carbocycles. The van der Waals surface area contributed by atoms with Crippen LogP contribution < -0.4 is 18.9 Å². The van der Waals surface area contributed by atoms with Gasteiger partial charge in [-0.2, -0.15) is 0 Å². The summed E-state index contributed by atoms with van der Waals surface area (Å²) in [5.74, 6) is 1.61. The van der Waals surface area contributed by atoms with Crippen molar-refractivity contribution < 1.29 is 37.2 Å². The van der Waals surface area contributed by atoms with E-state index in [9.17, 15) is 0 Å². The molecule has 0 spiro atoms. The third-order valence-corrected chi connectivity index (χ3v) is 11.7. The zero-order chi connectivity index (χ0) is 44.1.